The van der Waals surface area contributed by atoms with Crippen LogP contribution in [0.4, 0.5) is 0 Å². The molecule has 4 nitrogen and oxygen atoms in total. The number of phenolic OH excluding ortho intramolecular Hbond substituents is 1. The maximum atomic E-state index is 10.1. The maximum absolute atomic E-state index is 10.1. The molecule has 5 heteroatoms. The first-order valence-corrected chi connectivity index (χ1v) is 6.94. The summed E-state index contributed by atoms with van der Waals surface area (Å²) in [5.41, 5.74) is 1.02. The molecule has 1 aromatic carbocycles. The molecule has 1 fully saturated rings. The van der Waals surface area contributed by atoms with E-state index >= 15 is 0 Å². The smallest absolute Gasteiger partial charge is 0.498 e. The summed E-state index contributed by atoms with van der Waals surface area (Å²) in [6.07, 6.45) is 0. The van der Waals surface area contributed by atoms with E-state index in [4.69, 9.17) is 9.31 Å². The highest BCUT2D eigenvalue weighted by atomic mass is 16.7. The van der Waals surface area contributed by atoms with Crippen molar-refractivity contribution in [2.45, 2.75) is 45.4 Å². The molecule has 0 spiro atoms. The van der Waals surface area contributed by atoms with Crippen molar-refractivity contribution < 1.29 is 14.4 Å². The lowest BCUT2D eigenvalue weighted by atomic mass is 9.77. The molecule has 1 saturated heterocycles. The summed E-state index contributed by atoms with van der Waals surface area (Å²) in [5, 5.41) is 10.1. The standard InChI is InChI=1S/C15H24BNO3/c1-14(2)15(3,4)20-16(19-14)12-9-11(10-17(5)6)7-8-13(12)18/h7-9,18H,10H2,1-6H3. The Balaban J connectivity index is 2.30. The number of rotatable bonds is 3. The van der Waals surface area contributed by atoms with Crippen LogP contribution in [0.25, 0.3) is 0 Å². The van der Waals surface area contributed by atoms with Crippen molar-refractivity contribution in [2.75, 3.05) is 14.1 Å². The van der Waals surface area contributed by atoms with E-state index in [-0.39, 0.29) is 5.75 Å². The van der Waals surface area contributed by atoms with Gasteiger partial charge in [-0.25, -0.2) is 0 Å². The normalized spacial score (nSPS) is 20.6. The van der Waals surface area contributed by atoms with Crippen molar-refractivity contribution in [1.29, 1.82) is 0 Å². The van der Waals surface area contributed by atoms with E-state index in [1.54, 1.807) is 6.07 Å². The summed E-state index contributed by atoms with van der Waals surface area (Å²) < 4.78 is 12.0. The molecule has 1 aliphatic rings. The SMILES string of the molecule is CN(C)Cc1ccc(O)c(B2OC(C)(C)C(C)(C)O2)c1. The number of hydrogen-bond donors (Lipinski definition) is 1. The van der Waals surface area contributed by atoms with Gasteiger partial charge in [0.2, 0.25) is 0 Å². The molecule has 2 rings (SSSR count). The molecule has 1 N–H and O–H groups in total. The molecule has 0 radical (unpaired) electrons. The van der Waals surface area contributed by atoms with Crippen molar-refractivity contribution in [1.82, 2.24) is 4.90 Å². The number of nitrogens with zero attached hydrogens (tertiary/aromatic N) is 1. The topological polar surface area (TPSA) is 41.9 Å². The fraction of sp³-hybridized carbons (Fsp3) is 0.600. The van der Waals surface area contributed by atoms with E-state index < -0.39 is 18.3 Å². The van der Waals surface area contributed by atoms with Crippen molar-refractivity contribution in [3.05, 3.63) is 23.8 Å². The first-order valence-electron chi connectivity index (χ1n) is 6.94. The average molecular weight is 277 g/mol. The molecular formula is C15H24BNO3. The predicted molar refractivity (Wildman–Crippen MR) is 81.2 cm³/mol. The van der Waals surface area contributed by atoms with Gasteiger partial charge in [-0.3, -0.25) is 0 Å². The number of hydrogen-bond acceptors (Lipinski definition) is 4. The first-order chi connectivity index (χ1) is 9.12. The summed E-state index contributed by atoms with van der Waals surface area (Å²) in [7, 11) is 3.50. The Morgan fingerprint density at radius 3 is 2.15 bits per heavy atom. The van der Waals surface area contributed by atoms with Crippen LogP contribution in [0.3, 0.4) is 0 Å². The van der Waals surface area contributed by atoms with Crippen LogP contribution in [0, 0.1) is 0 Å². The van der Waals surface area contributed by atoms with Crippen LogP contribution in [0.2, 0.25) is 0 Å². The molecular weight excluding hydrogens is 253 g/mol. The van der Waals surface area contributed by atoms with Crippen LogP contribution in [0.1, 0.15) is 33.3 Å². The van der Waals surface area contributed by atoms with Crippen LogP contribution in [-0.2, 0) is 15.9 Å². The highest BCUT2D eigenvalue weighted by Crippen LogP contribution is 2.37. The summed E-state index contributed by atoms with van der Waals surface area (Å²) >= 11 is 0. The molecule has 0 saturated carbocycles. The molecule has 1 aliphatic heterocycles. The van der Waals surface area contributed by atoms with Gasteiger partial charge in [-0.1, -0.05) is 12.1 Å². The van der Waals surface area contributed by atoms with E-state index in [0.717, 1.165) is 12.1 Å². The molecule has 0 amide bonds. The molecule has 0 aromatic heterocycles. The summed E-state index contributed by atoms with van der Waals surface area (Å²) in [5.74, 6) is 0.214. The zero-order chi connectivity index (χ0) is 15.1. The fourth-order valence-corrected chi connectivity index (χ4v) is 2.23. The second-order valence-corrected chi connectivity index (χ2v) is 6.72. The lowest BCUT2D eigenvalue weighted by Crippen LogP contribution is -2.41. The Bertz CT molecular complexity index is 484. The van der Waals surface area contributed by atoms with E-state index in [2.05, 4.69) is 4.90 Å². The van der Waals surface area contributed by atoms with Crippen molar-refractivity contribution >= 4 is 12.6 Å². The molecule has 110 valence electrons. The molecule has 0 atom stereocenters. The average Bonchev–Trinajstić information content (AvgIpc) is 2.50. The van der Waals surface area contributed by atoms with E-state index in [9.17, 15) is 5.11 Å². The molecule has 0 bridgehead atoms. The molecule has 1 heterocycles. The second-order valence-electron chi connectivity index (χ2n) is 6.72. The van der Waals surface area contributed by atoms with Gasteiger partial charge in [0.15, 0.2) is 0 Å². The largest absolute Gasteiger partial charge is 0.508 e. The predicted octanol–water partition coefficient (Wildman–Crippen LogP) is 1.75. The van der Waals surface area contributed by atoms with E-state index in [1.165, 1.54) is 0 Å². The van der Waals surface area contributed by atoms with Crippen LogP contribution >= 0.6 is 0 Å². The highest BCUT2D eigenvalue weighted by molar-refractivity contribution is 6.63. The first kappa shape index (κ1) is 15.4. The minimum absolute atomic E-state index is 0.214. The third-order valence-electron chi connectivity index (χ3n) is 4.10. The van der Waals surface area contributed by atoms with Gasteiger partial charge in [0, 0.05) is 12.0 Å². The van der Waals surface area contributed by atoms with Crippen LogP contribution in [0.15, 0.2) is 18.2 Å². The zero-order valence-electron chi connectivity index (χ0n) is 13.2. The third kappa shape index (κ3) is 2.85. The molecule has 1 aromatic rings. The Hall–Kier alpha value is -1.04. The lowest BCUT2D eigenvalue weighted by Gasteiger charge is -2.32. The van der Waals surface area contributed by atoms with Gasteiger partial charge >= 0.3 is 7.12 Å². The monoisotopic (exact) mass is 277 g/mol. The van der Waals surface area contributed by atoms with Crippen molar-refractivity contribution in [2.24, 2.45) is 0 Å². The molecule has 20 heavy (non-hydrogen) atoms. The number of phenols is 1. The molecule has 0 unspecified atom stereocenters. The maximum Gasteiger partial charge on any atom is 0.498 e. The van der Waals surface area contributed by atoms with Gasteiger partial charge in [-0.05, 0) is 53.4 Å². The Morgan fingerprint density at radius 2 is 1.65 bits per heavy atom. The highest BCUT2D eigenvalue weighted by Gasteiger charge is 2.52. The number of benzene rings is 1. The minimum Gasteiger partial charge on any atom is -0.508 e. The van der Waals surface area contributed by atoms with E-state index in [1.807, 2.05) is 53.9 Å². The van der Waals surface area contributed by atoms with E-state index in [0.29, 0.717) is 5.46 Å². The van der Waals surface area contributed by atoms with Crippen LogP contribution < -0.4 is 5.46 Å². The van der Waals surface area contributed by atoms with Gasteiger partial charge < -0.3 is 19.3 Å². The quantitative estimate of drug-likeness (QED) is 0.855. The summed E-state index contributed by atoms with van der Waals surface area (Å²) in [4.78, 5) is 2.08. The van der Waals surface area contributed by atoms with Gasteiger partial charge in [0.1, 0.15) is 5.75 Å². The lowest BCUT2D eigenvalue weighted by molar-refractivity contribution is 0.00578. The summed E-state index contributed by atoms with van der Waals surface area (Å²) in [6.45, 7) is 8.84. The molecule has 0 aliphatic carbocycles. The van der Waals surface area contributed by atoms with Crippen LogP contribution in [-0.4, -0.2) is 42.4 Å². The second kappa shape index (κ2) is 5.06. The van der Waals surface area contributed by atoms with Crippen LogP contribution in [0.5, 0.6) is 5.75 Å². The number of aromatic hydroxyl groups is 1. The van der Waals surface area contributed by atoms with Gasteiger partial charge in [0.25, 0.3) is 0 Å². The Kier molecular flexibility index (Phi) is 3.89. The Labute approximate surface area is 121 Å². The third-order valence-corrected chi connectivity index (χ3v) is 4.10. The van der Waals surface area contributed by atoms with Crippen molar-refractivity contribution in [3.8, 4) is 5.75 Å². The van der Waals surface area contributed by atoms with Crippen molar-refractivity contribution in [3.63, 3.8) is 0 Å². The fourth-order valence-electron chi connectivity index (χ4n) is 2.23. The Morgan fingerprint density at radius 1 is 1.10 bits per heavy atom. The summed E-state index contributed by atoms with van der Waals surface area (Å²) in [6, 6.07) is 5.58. The zero-order valence-corrected chi connectivity index (χ0v) is 13.2. The van der Waals surface area contributed by atoms with Gasteiger partial charge in [-0.15, -0.1) is 0 Å². The van der Waals surface area contributed by atoms with Gasteiger partial charge in [-0.2, -0.15) is 0 Å². The minimum atomic E-state index is -0.526. The van der Waals surface area contributed by atoms with Gasteiger partial charge in [0.05, 0.1) is 11.2 Å².